The zero-order chi connectivity index (χ0) is 19.8. The third kappa shape index (κ3) is 6.92. The number of para-hydroxylation sites is 1. The third-order valence-corrected chi connectivity index (χ3v) is 4.11. The van der Waals surface area contributed by atoms with Gasteiger partial charge in [-0.2, -0.15) is 0 Å². The molecule has 27 heavy (non-hydrogen) atoms. The summed E-state index contributed by atoms with van der Waals surface area (Å²) in [7, 11) is 0. The van der Waals surface area contributed by atoms with E-state index in [1.807, 2.05) is 19.1 Å². The van der Waals surface area contributed by atoms with Gasteiger partial charge in [-0.3, -0.25) is 14.4 Å². The Hall–Kier alpha value is -2.57. The summed E-state index contributed by atoms with van der Waals surface area (Å²) in [6.45, 7) is 1.43. The van der Waals surface area contributed by atoms with E-state index >= 15 is 0 Å². The highest BCUT2D eigenvalue weighted by Gasteiger charge is 2.12. The number of hydrogen-bond donors (Lipinski definition) is 2. The van der Waals surface area contributed by atoms with Crippen LogP contribution in [-0.2, 0) is 19.1 Å². The first-order valence-electron chi connectivity index (χ1n) is 8.11. The van der Waals surface area contributed by atoms with Crippen LogP contribution in [0.2, 0.25) is 10.0 Å². The molecule has 8 heteroatoms. The summed E-state index contributed by atoms with van der Waals surface area (Å²) in [4.78, 5) is 35.4. The molecular formula is C19H18Cl2N2O4. The molecule has 6 nitrogen and oxygen atoms in total. The quantitative estimate of drug-likeness (QED) is 0.672. The van der Waals surface area contributed by atoms with Gasteiger partial charge in [0.2, 0.25) is 5.91 Å². The van der Waals surface area contributed by atoms with Crippen molar-refractivity contribution in [3.8, 4) is 0 Å². The molecule has 0 fully saturated rings. The molecule has 2 rings (SSSR count). The van der Waals surface area contributed by atoms with Crippen molar-refractivity contribution in [3.63, 3.8) is 0 Å². The van der Waals surface area contributed by atoms with Crippen molar-refractivity contribution >= 4 is 52.4 Å². The predicted molar refractivity (Wildman–Crippen MR) is 105 cm³/mol. The van der Waals surface area contributed by atoms with Crippen LogP contribution in [0.25, 0.3) is 0 Å². The zero-order valence-corrected chi connectivity index (χ0v) is 16.1. The average Bonchev–Trinajstić information content (AvgIpc) is 2.63. The fourth-order valence-electron chi connectivity index (χ4n) is 2.14. The minimum atomic E-state index is -0.651. The highest BCUT2D eigenvalue weighted by Crippen LogP contribution is 2.25. The van der Waals surface area contributed by atoms with Crippen molar-refractivity contribution in [1.82, 2.24) is 0 Å². The summed E-state index contributed by atoms with van der Waals surface area (Å²) in [6.07, 6.45) is -0.275. The summed E-state index contributed by atoms with van der Waals surface area (Å²) >= 11 is 11.8. The van der Waals surface area contributed by atoms with Crippen LogP contribution in [0.4, 0.5) is 11.4 Å². The Bertz CT molecular complexity index is 855. The molecule has 2 amide bonds. The zero-order valence-electron chi connectivity index (χ0n) is 14.6. The number of anilines is 2. The monoisotopic (exact) mass is 408 g/mol. The summed E-state index contributed by atoms with van der Waals surface area (Å²) < 4.78 is 4.88. The molecule has 0 saturated carbocycles. The van der Waals surface area contributed by atoms with Gasteiger partial charge in [0.05, 0.1) is 17.1 Å². The van der Waals surface area contributed by atoms with E-state index < -0.39 is 24.4 Å². The molecule has 0 radical (unpaired) electrons. The van der Waals surface area contributed by atoms with Gasteiger partial charge in [0.15, 0.2) is 6.61 Å². The molecule has 0 spiro atoms. The van der Waals surface area contributed by atoms with Gasteiger partial charge in [0.25, 0.3) is 5.91 Å². The van der Waals surface area contributed by atoms with Gasteiger partial charge in [-0.1, -0.05) is 41.4 Å². The smallest absolute Gasteiger partial charge is 0.306 e. The maximum Gasteiger partial charge on any atom is 0.306 e. The van der Waals surface area contributed by atoms with Crippen LogP contribution in [-0.4, -0.2) is 24.4 Å². The summed E-state index contributed by atoms with van der Waals surface area (Å²) in [5.41, 5.74) is 1.91. The number of hydrogen-bond acceptors (Lipinski definition) is 4. The molecule has 0 aliphatic heterocycles. The van der Waals surface area contributed by atoms with Crippen molar-refractivity contribution in [1.29, 1.82) is 0 Å². The second-order valence-electron chi connectivity index (χ2n) is 5.70. The Balaban J connectivity index is 1.72. The first-order valence-corrected chi connectivity index (χ1v) is 8.87. The van der Waals surface area contributed by atoms with E-state index in [1.54, 1.807) is 24.3 Å². The fourth-order valence-corrected chi connectivity index (χ4v) is 2.48. The lowest BCUT2D eigenvalue weighted by molar-refractivity contribution is -0.147. The number of carbonyl (C=O) groups is 3. The molecule has 0 unspecified atom stereocenters. The summed E-state index contributed by atoms with van der Waals surface area (Å²) in [5.74, 6) is -1.52. The van der Waals surface area contributed by atoms with Crippen molar-refractivity contribution in [2.45, 2.75) is 19.8 Å². The van der Waals surface area contributed by atoms with Gasteiger partial charge in [-0.25, -0.2) is 0 Å². The van der Waals surface area contributed by atoms with Gasteiger partial charge in [-0.05, 0) is 36.8 Å². The SMILES string of the molecule is Cc1ccccc1NC(=O)COC(=O)CCC(=O)Nc1cc(Cl)ccc1Cl. The highest BCUT2D eigenvalue weighted by atomic mass is 35.5. The molecule has 2 aromatic rings. The molecule has 0 atom stereocenters. The molecule has 0 saturated heterocycles. The lowest BCUT2D eigenvalue weighted by Gasteiger charge is -2.09. The van der Waals surface area contributed by atoms with Crippen LogP contribution >= 0.6 is 23.2 Å². The number of aryl methyl sites for hydroxylation is 1. The number of amides is 2. The van der Waals surface area contributed by atoms with E-state index in [1.165, 1.54) is 6.07 Å². The van der Waals surface area contributed by atoms with Gasteiger partial charge in [0, 0.05) is 17.1 Å². The number of ether oxygens (including phenoxy) is 1. The van der Waals surface area contributed by atoms with Crippen molar-refractivity contribution in [3.05, 3.63) is 58.1 Å². The lowest BCUT2D eigenvalue weighted by Crippen LogP contribution is -2.22. The molecule has 0 bridgehead atoms. The van der Waals surface area contributed by atoms with Crippen LogP contribution in [0.3, 0.4) is 0 Å². The van der Waals surface area contributed by atoms with Crippen LogP contribution in [0.1, 0.15) is 18.4 Å². The van der Waals surface area contributed by atoms with Gasteiger partial charge < -0.3 is 15.4 Å². The number of halogens is 2. The van der Waals surface area contributed by atoms with Crippen molar-refractivity contribution in [2.75, 3.05) is 17.2 Å². The molecule has 142 valence electrons. The number of nitrogens with one attached hydrogen (secondary N) is 2. The predicted octanol–water partition coefficient (Wildman–Crippen LogP) is 4.20. The Kier molecular flexibility index (Phi) is 7.64. The normalized spacial score (nSPS) is 10.2. The number of rotatable bonds is 7. The molecule has 0 aliphatic rings. The van der Waals surface area contributed by atoms with E-state index in [0.29, 0.717) is 21.4 Å². The largest absolute Gasteiger partial charge is 0.456 e. The Morgan fingerprint density at radius 3 is 2.37 bits per heavy atom. The molecule has 2 N–H and O–H groups in total. The Morgan fingerprint density at radius 2 is 1.63 bits per heavy atom. The van der Waals surface area contributed by atoms with E-state index in [2.05, 4.69) is 10.6 Å². The molecule has 2 aromatic carbocycles. The van der Waals surface area contributed by atoms with Crippen LogP contribution < -0.4 is 10.6 Å². The second-order valence-corrected chi connectivity index (χ2v) is 6.54. The van der Waals surface area contributed by atoms with Gasteiger partial charge in [-0.15, -0.1) is 0 Å². The lowest BCUT2D eigenvalue weighted by atomic mass is 10.2. The topological polar surface area (TPSA) is 84.5 Å². The fraction of sp³-hybridized carbons (Fsp3) is 0.211. The van der Waals surface area contributed by atoms with Crippen molar-refractivity contribution < 1.29 is 19.1 Å². The van der Waals surface area contributed by atoms with Crippen LogP contribution in [0.5, 0.6) is 0 Å². The number of benzene rings is 2. The molecule has 0 heterocycles. The van der Waals surface area contributed by atoms with E-state index in [0.717, 1.165) is 5.56 Å². The minimum absolute atomic E-state index is 0.110. The highest BCUT2D eigenvalue weighted by molar-refractivity contribution is 6.35. The summed E-state index contributed by atoms with van der Waals surface area (Å²) in [5, 5.41) is 5.98. The van der Waals surface area contributed by atoms with Crippen LogP contribution in [0, 0.1) is 6.92 Å². The Morgan fingerprint density at radius 1 is 0.926 bits per heavy atom. The minimum Gasteiger partial charge on any atom is -0.456 e. The number of esters is 1. The first-order chi connectivity index (χ1) is 12.8. The number of carbonyl (C=O) groups excluding carboxylic acids is 3. The summed E-state index contributed by atoms with van der Waals surface area (Å²) in [6, 6.07) is 11.9. The third-order valence-electron chi connectivity index (χ3n) is 3.54. The van der Waals surface area contributed by atoms with Crippen molar-refractivity contribution in [2.24, 2.45) is 0 Å². The maximum absolute atomic E-state index is 11.9. The average molecular weight is 409 g/mol. The second kappa shape index (κ2) is 9.94. The van der Waals surface area contributed by atoms with Gasteiger partial charge in [0.1, 0.15) is 0 Å². The van der Waals surface area contributed by atoms with Gasteiger partial charge >= 0.3 is 5.97 Å². The van der Waals surface area contributed by atoms with E-state index in [9.17, 15) is 14.4 Å². The van der Waals surface area contributed by atoms with E-state index in [-0.39, 0.29) is 12.8 Å². The standard InChI is InChI=1S/C19H18Cl2N2O4/c1-12-4-2-3-5-15(12)22-18(25)11-27-19(26)9-8-17(24)23-16-10-13(20)6-7-14(16)21/h2-7,10H,8-9,11H2,1H3,(H,22,25)(H,23,24). The van der Waals surface area contributed by atoms with E-state index in [4.69, 9.17) is 27.9 Å². The first kappa shape index (κ1) is 20.7. The van der Waals surface area contributed by atoms with Crippen LogP contribution in [0.15, 0.2) is 42.5 Å². The molecule has 0 aromatic heterocycles. The Labute approximate surface area is 166 Å². The molecular weight excluding hydrogens is 391 g/mol. The maximum atomic E-state index is 11.9. The molecule has 0 aliphatic carbocycles.